The van der Waals surface area contributed by atoms with Crippen LogP contribution in [-0.4, -0.2) is 48.1 Å². The van der Waals surface area contributed by atoms with Crippen LogP contribution in [0.5, 0.6) is 0 Å². The predicted molar refractivity (Wildman–Crippen MR) is 186 cm³/mol. The summed E-state index contributed by atoms with van der Waals surface area (Å²) in [6, 6.07) is 30.9. The summed E-state index contributed by atoms with van der Waals surface area (Å²) in [5.74, 6) is -0.0608. The maximum atomic E-state index is 12.5. The largest absolute Gasteiger partial charge is 0.392 e. The topological polar surface area (TPSA) is 100 Å². The van der Waals surface area contributed by atoms with Gasteiger partial charge in [-0.2, -0.15) is 0 Å². The highest BCUT2D eigenvalue weighted by molar-refractivity contribution is 5.90. The molecule has 5 rings (SSSR count). The van der Waals surface area contributed by atoms with Crippen LogP contribution in [0.2, 0.25) is 0 Å². The Hall–Kier alpha value is -4.08. The van der Waals surface area contributed by atoms with Gasteiger partial charge in [-0.3, -0.25) is 14.5 Å². The molecule has 4 atom stereocenters. The first-order valence-electron chi connectivity index (χ1n) is 16.6. The smallest absolute Gasteiger partial charge is 0.224 e. The molecule has 0 aromatic heterocycles. The average molecular weight is 638 g/mol. The standard InChI is InChI=1S/C39H47N3O5/c1-27(33-17-16-30-9-6-7-10-34(30)23-33)42(3)25-36-24-37(31-14-12-29(26-43)13-15-31)47-39(46-36)32-18-20-35(21-19-32)41-38(45)11-5-4-8-22-40-28(2)44/h6-7,9-10,12-21,23,27,36-37,39,43H,4-5,8,11,22,24-26H2,1-3H3,(H,40,44)(H,41,45)/t27-,36-,37+,39+/m1/s1. The molecule has 2 amide bonds. The number of aliphatic hydroxyl groups is 1. The van der Waals surface area contributed by atoms with Crippen LogP contribution in [0.15, 0.2) is 91.0 Å². The molecule has 8 nitrogen and oxygen atoms in total. The number of hydrogen-bond donors (Lipinski definition) is 3. The van der Waals surface area contributed by atoms with E-state index in [1.54, 1.807) is 0 Å². The van der Waals surface area contributed by atoms with Crippen molar-refractivity contribution in [1.82, 2.24) is 10.2 Å². The molecule has 8 heteroatoms. The molecule has 1 heterocycles. The van der Waals surface area contributed by atoms with Crippen LogP contribution >= 0.6 is 0 Å². The number of nitrogens with zero attached hydrogens (tertiary/aromatic N) is 1. The van der Waals surface area contributed by atoms with Crippen molar-refractivity contribution >= 4 is 28.3 Å². The van der Waals surface area contributed by atoms with E-state index in [2.05, 4.69) is 72.0 Å². The first kappa shape index (κ1) is 34.3. The van der Waals surface area contributed by atoms with Crippen LogP contribution in [0.4, 0.5) is 5.69 Å². The third-order valence-electron chi connectivity index (χ3n) is 8.94. The Morgan fingerprint density at radius 1 is 0.894 bits per heavy atom. The van der Waals surface area contributed by atoms with Gasteiger partial charge in [0.15, 0.2) is 6.29 Å². The summed E-state index contributed by atoms with van der Waals surface area (Å²) in [4.78, 5) is 25.8. The monoisotopic (exact) mass is 637 g/mol. The molecule has 0 bridgehead atoms. The molecule has 1 aliphatic heterocycles. The summed E-state index contributed by atoms with van der Waals surface area (Å²) >= 11 is 0. The lowest BCUT2D eigenvalue weighted by molar-refractivity contribution is -0.253. The van der Waals surface area contributed by atoms with E-state index < -0.39 is 6.29 Å². The number of amides is 2. The molecule has 0 unspecified atom stereocenters. The highest BCUT2D eigenvalue weighted by atomic mass is 16.7. The molecule has 0 radical (unpaired) electrons. The summed E-state index contributed by atoms with van der Waals surface area (Å²) in [5.41, 5.74) is 4.78. The number of rotatable bonds is 14. The molecule has 47 heavy (non-hydrogen) atoms. The van der Waals surface area contributed by atoms with Gasteiger partial charge in [0.05, 0.1) is 18.8 Å². The number of benzene rings is 4. The minimum Gasteiger partial charge on any atom is -0.392 e. The summed E-state index contributed by atoms with van der Waals surface area (Å²) in [5, 5.41) is 17.8. The summed E-state index contributed by atoms with van der Waals surface area (Å²) in [6.45, 7) is 5.09. The SMILES string of the molecule is CC(=O)NCCCCCC(=O)Nc1ccc([C@H]2O[C@@H](CN(C)[C@H](C)c3ccc4ccccc4c3)C[C@@H](c3ccc(CO)cc3)O2)cc1. The first-order chi connectivity index (χ1) is 22.8. The molecule has 1 fully saturated rings. The predicted octanol–water partition coefficient (Wildman–Crippen LogP) is 7.21. The van der Waals surface area contributed by atoms with Crippen molar-refractivity contribution in [2.24, 2.45) is 0 Å². The summed E-state index contributed by atoms with van der Waals surface area (Å²) in [7, 11) is 2.14. The fourth-order valence-electron chi connectivity index (χ4n) is 6.03. The fourth-order valence-corrected chi connectivity index (χ4v) is 6.03. The molecule has 4 aromatic carbocycles. The Balaban J connectivity index is 1.23. The van der Waals surface area contributed by atoms with E-state index in [1.165, 1.54) is 23.3 Å². The van der Waals surface area contributed by atoms with Gasteiger partial charge in [0.2, 0.25) is 11.8 Å². The van der Waals surface area contributed by atoms with E-state index in [0.717, 1.165) is 48.2 Å². The maximum absolute atomic E-state index is 12.5. The highest BCUT2D eigenvalue weighted by Crippen LogP contribution is 2.39. The Labute approximate surface area is 278 Å². The lowest BCUT2D eigenvalue weighted by Crippen LogP contribution is -2.38. The third kappa shape index (κ3) is 9.72. The van der Waals surface area contributed by atoms with Crippen molar-refractivity contribution in [2.45, 2.75) is 77.1 Å². The van der Waals surface area contributed by atoms with Crippen molar-refractivity contribution in [1.29, 1.82) is 0 Å². The van der Waals surface area contributed by atoms with E-state index in [4.69, 9.17) is 9.47 Å². The number of anilines is 1. The van der Waals surface area contributed by atoms with Crippen LogP contribution in [0, 0.1) is 0 Å². The van der Waals surface area contributed by atoms with Crippen molar-refractivity contribution in [3.63, 3.8) is 0 Å². The number of aliphatic hydroxyl groups excluding tert-OH is 1. The van der Waals surface area contributed by atoms with E-state index in [0.29, 0.717) is 19.4 Å². The van der Waals surface area contributed by atoms with Gasteiger partial charge < -0.3 is 25.2 Å². The van der Waals surface area contributed by atoms with Crippen LogP contribution in [0.1, 0.15) is 86.6 Å². The Bertz CT molecular complexity index is 1610. The minimum atomic E-state index is -0.575. The quantitative estimate of drug-likeness (QED) is 0.126. The molecular formula is C39H47N3O5. The van der Waals surface area contributed by atoms with Crippen LogP contribution in [-0.2, 0) is 25.7 Å². The van der Waals surface area contributed by atoms with Gasteiger partial charge in [-0.15, -0.1) is 0 Å². The minimum absolute atomic E-state index is 0.000883. The molecule has 248 valence electrons. The van der Waals surface area contributed by atoms with Crippen molar-refractivity contribution in [3.05, 3.63) is 113 Å². The normalized spacial score (nSPS) is 18.6. The van der Waals surface area contributed by atoms with Crippen LogP contribution in [0.3, 0.4) is 0 Å². The average Bonchev–Trinajstić information content (AvgIpc) is 3.09. The Kier molecular flexibility index (Phi) is 12.1. The number of hydrogen-bond acceptors (Lipinski definition) is 6. The molecule has 4 aromatic rings. The maximum Gasteiger partial charge on any atom is 0.224 e. The summed E-state index contributed by atoms with van der Waals surface area (Å²) < 4.78 is 13.1. The number of carbonyl (C=O) groups excluding carboxylic acids is 2. The molecular weight excluding hydrogens is 590 g/mol. The summed E-state index contributed by atoms with van der Waals surface area (Å²) in [6.07, 6.45) is 2.79. The zero-order valence-electron chi connectivity index (χ0n) is 27.7. The van der Waals surface area contributed by atoms with Gasteiger partial charge in [0.25, 0.3) is 0 Å². The van der Waals surface area contributed by atoms with Crippen LogP contribution in [0.25, 0.3) is 10.8 Å². The van der Waals surface area contributed by atoms with Gasteiger partial charge in [0.1, 0.15) is 0 Å². The molecule has 0 saturated carbocycles. The van der Waals surface area contributed by atoms with E-state index in [-0.39, 0.29) is 36.7 Å². The van der Waals surface area contributed by atoms with Crippen molar-refractivity contribution in [2.75, 3.05) is 25.5 Å². The Morgan fingerprint density at radius 2 is 1.62 bits per heavy atom. The third-order valence-corrected chi connectivity index (χ3v) is 8.94. The molecule has 1 aliphatic rings. The van der Waals surface area contributed by atoms with Crippen molar-refractivity contribution < 1.29 is 24.2 Å². The van der Waals surface area contributed by atoms with Crippen LogP contribution < -0.4 is 10.6 Å². The zero-order valence-corrected chi connectivity index (χ0v) is 27.7. The van der Waals surface area contributed by atoms with E-state index in [1.807, 2.05) is 48.5 Å². The molecule has 0 spiro atoms. The number of fused-ring (bicyclic) bond motifs is 1. The second-order valence-electron chi connectivity index (χ2n) is 12.5. The van der Waals surface area contributed by atoms with E-state index >= 15 is 0 Å². The molecule has 3 N–H and O–H groups in total. The van der Waals surface area contributed by atoms with Gasteiger partial charge in [-0.25, -0.2) is 0 Å². The highest BCUT2D eigenvalue weighted by Gasteiger charge is 2.33. The molecule has 1 saturated heterocycles. The number of ether oxygens (including phenoxy) is 2. The lowest BCUT2D eigenvalue weighted by atomic mass is 9.98. The number of likely N-dealkylation sites (N-methyl/N-ethyl adjacent to an activating group) is 1. The zero-order chi connectivity index (χ0) is 33.2. The van der Waals surface area contributed by atoms with Gasteiger partial charge in [-0.05, 0) is 72.5 Å². The fraction of sp³-hybridized carbons (Fsp3) is 0.385. The number of unbranched alkanes of at least 4 members (excludes halogenated alkanes) is 2. The molecule has 0 aliphatic carbocycles. The number of carbonyl (C=O) groups is 2. The van der Waals surface area contributed by atoms with Crippen molar-refractivity contribution in [3.8, 4) is 0 Å². The number of nitrogens with one attached hydrogen (secondary N) is 2. The van der Waals surface area contributed by atoms with E-state index in [9.17, 15) is 14.7 Å². The lowest BCUT2D eigenvalue weighted by Gasteiger charge is -2.39. The van der Waals surface area contributed by atoms with Gasteiger partial charge in [0, 0.05) is 50.1 Å². The Morgan fingerprint density at radius 3 is 2.34 bits per heavy atom. The van der Waals surface area contributed by atoms with Gasteiger partial charge in [-0.1, -0.05) is 79.2 Å². The second kappa shape index (κ2) is 16.7. The van der Waals surface area contributed by atoms with Gasteiger partial charge >= 0.3 is 0 Å². The second-order valence-corrected chi connectivity index (χ2v) is 12.5. The first-order valence-corrected chi connectivity index (χ1v) is 16.6.